The minimum atomic E-state index is 0. The van der Waals surface area contributed by atoms with Crippen LogP contribution in [0.5, 0.6) is 0 Å². The van der Waals surface area contributed by atoms with Crippen molar-refractivity contribution in [2.24, 2.45) is 12.8 Å². The number of aromatic nitrogens is 2. The average Bonchev–Trinajstić information content (AvgIpc) is 2.54. The smallest absolute Gasteiger partial charge is 0.109 e. The van der Waals surface area contributed by atoms with Crippen LogP contribution < -0.4 is 5.73 Å². The van der Waals surface area contributed by atoms with Crippen LogP contribution in [0.1, 0.15) is 12.2 Å². The average molecular weight is 280 g/mol. The number of hydrogen-bond acceptors (Lipinski definition) is 2. The van der Waals surface area contributed by atoms with Gasteiger partial charge in [-0.2, -0.15) is 0 Å². The third-order valence-corrected chi connectivity index (χ3v) is 2.48. The van der Waals surface area contributed by atoms with E-state index >= 15 is 0 Å². The predicted octanol–water partition coefficient (Wildman–Crippen LogP) is 1.48. The molecule has 0 aliphatic heterocycles. The molecule has 0 saturated heterocycles. The van der Waals surface area contributed by atoms with E-state index < -0.39 is 0 Å². The summed E-state index contributed by atoms with van der Waals surface area (Å²) >= 11 is 0. The van der Waals surface area contributed by atoms with Crippen LogP contribution in [-0.4, -0.2) is 21.6 Å². The molecule has 0 amide bonds. The molecule has 0 atom stereocenters. The fourth-order valence-corrected chi connectivity index (χ4v) is 1.68. The predicted molar refractivity (Wildman–Crippen MR) is 76.2 cm³/mol. The lowest BCUT2D eigenvalue weighted by Gasteiger charge is -2.00. The molecule has 1 aromatic carbocycles. The highest BCUT2D eigenvalue weighted by atomic mass is 35.5. The van der Waals surface area contributed by atoms with E-state index in [4.69, 9.17) is 5.73 Å². The highest BCUT2D eigenvalue weighted by Crippen LogP contribution is 2.14. The van der Waals surface area contributed by atoms with E-state index in [-0.39, 0.29) is 30.3 Å². The summed E-state index contributed by atoms with van der Waals surface area (Å²) in [6, 6.07) is 8.19. The Bertz CT molecular complexity index is 445. The Morgan fingerprint density at radius 3 is 2.47 bits per heavy atom. The van der Waals surface area contributed by atoms with Crippen molar-refractivity contribution in [2.45, 2.75) is 12.8 Å². The summed E-state index contributed by atoms with van der Waals surface area (Å²) < 4.78 is 2.14. The Hall–Kier alpha value is -0.810. The fraction of sp³-hybridized carbons (Fsp3) is 0.364. The van der Waals surface area contributed by atoms with E-state index in [2.05, 4.69) is 22.7 Å². The molecular weight excluding hydrogens is 261 g/mol. The number of nitrogens with zero attached hydrogens (tertiary/aromatic N) is 2. The van der Waals surface area contributed by atoms with Crippen LogP contribution in [0.25, 0.3) is 11.0 Å². The zero-order valence-electron chi connectivity index (χ0n) is 9.72. The molecule has 6 heteroatoms. The summed E-state index contributed by atoms with van der Waals surface area (Å²) in [7, 11) is 2.06. The molecule has 1 heterocycles. The van der Waals surface area contributed by atoms with Crippen molar-refractivity contribution in [1.29, 1.82) is 0 Å². The third kappa shape index (κ3) is 3.85. The minimum Gasteiger partial charge on any atom is -0.412 e. The van der Waals surface area contributed by atoms with E-state index in [1.54, 1.807) is 0 Å². The number of hydrogen-bond donors (Lipinski definition) is 1. The van der Waals surface area contributed by atoms with Gasteiger partial charge < -0.3 is 15.8 Å². The van der Waals surface area contributed by atoms with Crippen LogP contribution in [0.15, 0.2) is 24.3 Å². The summed E-state index contributed by atoms with van der Waals surface area (Å²) in [6.07, 6.45) is 1.96. The number of nitrogens with two attached hydrogens (primary N) is 1. The van der Waals surface area contributed by atoms with Crippen molar-refractivity contribution in [3.8, 4) is 0 Å². The van der Waals surface area contributed by atoms with Gasteiger partial charge in [0.25, 0.3) is 0 Å². The SMILES string of the molecule is Cl.Cl.Cn1c(CCCN)nc2ccccc21.O. The molecule has 0 aliphatic rings. The van der Waals surface area contributed by atoms with Gasteiger partial charge in [-0.05, 0) is 25.1 Å². The Morgan fingerprint density at radius 1 is 1.24 bits per heavy atom. The van der Waals surface area contributed by atoms with Crippen LogP contribution >= 0.6 is 24.8 Å². The number of aryl methyl sites for hydroxylation is 2. The monoisotopic (exact) mass is 279 g/mol. The first kappa shape index (κ1) is 18.6. The van der Waals surface area contributed by atoms with E-state index in [1.165, 1.54) is 5.52 Å². The molecule has 98 valence electrons. The summed E-state index contributed by atoms with van der Waals surface area (Å²) in [5.74, 6) is 1.12. The van der Waals surface area contributed by atoms with Gasteiger partial charge in [-0.3, -0.25) is 0 Å². The molecule has 2 aromatic rings. The highest BCUT2D eigenvalue weighted by Gasteiger charge is 2.05. The van der Waals surface area contributed by atoms with Crippen LogP contribution in [0.2, 0.25) is 0 Å². The molecular formula is C11H19Cl2N3O. The Labute approximate surface area is 113 Å². The lowest BCUT2D eigenvalue weighted by atomic mass is 10.3. The van der Waals surface area contributed by atoms with E-state index in [1.807, 2.05) is 18.2 Å². The molecule has 0 saturated carbocycles. The van der Waals surface area contributed by atoms with Gasteiger partial charge in [0, 0.05) is 13.5 Å². The van der Waals surface area contributed by atoms with E-state index in [0.717, 1.165) is 30.7 Å². The first-order chi connectivity index (χ1) is 6.83. The van der Waals surface area contributed by atoms with Gasteiger partial charge in [-0.1, -0.05) is 12.1 Å². The molecule has 4 nitrogen and oxygen atoms in total. The summed E-state index contributed by atoms with van der Waals surface area (Å²) in [6.45, 7) is 0.725. The van der Waals surface area contributed by atoms with E-state index in [9.17, 15) is 0 Å². The first-order valence-electron chi connectivity index (χ1n) is 4.93. The maximum absolute atomic E-state index is 5.48. The molecule has 1 aromatic heterocycles. The van der Waals surface area contributed by atoms with Crippen molar-refractivity contribution in [3.05, 3.63) is 30.1 Å². The van der Waals surface area contributed by atoms with Gasteiger partial charge in [-0.15, -0.1) is 24.8 Å². The van der Waals surface area contributed by atoms with Gasteiger partial charge in [0.2, 0.25) is 0 Å². The van der Waals surface area contributed by atoms with Crippen LogP contribution in [-0.2, 0) is 13.5 Å². The van der Waals surface area contributed by atoms with Gasteiger partial charge >= 0.3 is 0 Å². The highest BCUT2D eigenvalue weighted by molar-refractivity contribution is 5.85. The first-order valence-corrected chi connectivity index (χ1v) is 4.93. The fourth-order valence-electron chi connectivity index (χ4n) is 1.68. The van der Waals surface area contributed by atoms with Gasteiger partial charge in [0.05, 0.1) is 11.0 Å². The zero-order chi connectivity index (χ0) is 9.97. The number of fused-ring (bicyclic) bond motifs is 1. The number of para-hydroxylation sites is 2. The topological polar surface area (TPSA) is 75.3 Å². The molecule has 0 bridgehead atoms. The molecule has 4 N–H and O–H groups in total. The Kier molecular flexibility index (Phi) is 9.06. The van der Waals surface area contributed by atoms with Crippen LogP contribution in [0.4, 0.5) is 0 Å². The number of halogens is 2. The quantitative estimate of drug-likeness (QED) is 0.924. The largest absolute Gasteiger partial charge is 0.412 e. The molecule has 0 aliphatic carbocycles. The van der Waals surface area contributed by atoms with Gasteiger partial charge in [-0.25, -0.2) is 4.98 Å². The van der Waals surface area contributed by atoms with Crippen molar-refractivity contribution < 1.29 is 5.48 Å². The summed E-state index contributed by atoms with van der Waals surface area (Å²) in [5, 5.41) is 0. The number of rotatable bonds is 3. The Balaban J connectivity index is 0. The van der Waals surface area contributed by atoms with Gasteiger partial charge in [0.1, 0.15) is 5.82 Å². The minimum absolute atomic E-state index is 0. The number of benzene rings is 1. The molecule has 0 radical (unpaired) electrons. The lowest BCUT2D eigenvalue weighted by molar-refractivity contribution is 0.741. The van der Waals surface area contributed by atoms with Crippen molar-refractivity contribution >= 4 is 35.8 Å². The standard InChI is InChI=1S/C11H15N3.2ClH.H2O/c1-14-10-6-3-2-5-9(10)13-11(14)7-4-8-12;;;/h2-3,5-6H,4,7-8,12H2,1H3;2*1H;1H2. The third-order valence-electron chi connectivity index (χ3n) is 2.48. The second kappa shape index (κ2) is 8.31. The zero-order valence-corrected chi connectivity index (χ0v) is 11.4. The second-order valence-corrected chi connectivity index (χ2v) is 3.47. The molecule has 0 spiro atoms. The van der Waals surface area contributed by atoms with Gasteiger partial charge in [0.15, 0.2) is 0 Å². The molecule has 17 heavy (non-hydrogen) atoms. The maximum atomic E-state index is 5.48. The molecule has 0 unspecified atom stereocenters. The maximum Gasteiger partial charge on any atom is 0.109 e. The van der Waals surface area contributed by atoms with Crippen molar-refractivity contribution in [3.63, 3.8) is 0 Å². The van der Waals surface area contributed by atoms with Crippen molar-refractivity contribution in [2.75, 3.05) is 6.54 Å². The van der Waals surface area contributed by atoms with Crippen LogP contribution in [0, 0.1) is 0 Å². The summed E-state index contributed by atoms with van der Waals surface area (Å²) in [4.78, 5) is 4.56. The second-order valence-electron chi connectivity index (χ2n) is 3.47. The lowest BCUT2D eigenvalue weighted by Crippen LogP contribution is -2.04. The molecule has 2 rings (SSSR count). The Morgan fingerprint density at radius 2 is 1.88 bits per heavy atom. The molecule has 0 fully saturated rings. The normalized spacial score (nSPS) is 9.06. The van der Waals surface area contributed by atoms with E-state index in [0.29, 0.717) is 0 Å². The van der Waals surface area contributed by atoms with Crippen molar-refractivity contribution in [1.82, 2.24) is 9.55 Å². The summed E-state index contributed by atoms with van der Waals surface area (Å²) in [5.41, 5.74) is 7.75. The van der Waals surface area contributed by atoms with Crippen LogP contribution in [0.3, 0.4) is 0 Å². The number of imidazole rings is 1.